The van der Waals surface area contributed by atoms with Crippen LogP contribution in [0.1, 0.15) is 42.4 Å². The van der Waals surface area contributed by atoms with Gasteiger partial charge in [0.1, 0.15) is 11.5 Å². The molecule has 4 amide bonds. The van der Waals surface area contributed by atoms with Crippen LogP contribution in [0.5, 0.6) is 11.5 Å². The van der Waals surface area contributed by atoms with Gasteiger partial charge in [-0.25, -0.2) is 0 Å². The van der Waals surface area contributed by atoms with Crippen LogP contribution < -0.4 is 10.2 Å². The van der Waals surface area contributed by atoms with Crippen molar-refractivity contribution in [3.63, 3.8) is 0 Å². The van der Waals surface area contributed by atoms with Crippen LogP contribution in [0.4, 0.5) is 5.69 Å². The molecule has 6 atom stereocenters. The number of hydrogen-bond donors (Lipinski definition) is 2. The number of likely N-dealkylation sites (tertiary alicyclic amines) is 1. The molecule has 0 bridgehead atoms. The Bertz CT molecular complexity index is 1750. The van der Waals surface area contributed by atoms with E-state index in [4.69, 9.17) is 4.74 Å². The van der Waals surface area contributed by atoms with Crippen LogP contribution in [-0.2, 0) is 24.6 Å². The minimum Gasteiger partial charge on any atom is -0.508 e. The monoisotopic (exact) mass is 605 g/mol. The summed E-state index contributed by atoms with van der Waals surface area (Å²) in [6.07, 6.45) is 2.54. The number of aromatic hydroxyl groups is 1. The maximum atomic E-state index is 15.1. The van der Waals surface area contributed by atoms with E-state index in [0.717, 1.165) is 16.1 Å². The second kappa shape index (κ2) is 10.6. The van der Waals surface area contributed by atoms with Gasteiger partial charge >= 0.3 is 0 Å². The van der Waals surface area contributed by atoms with E-state index in [1.54, 1.807) is 19.1 Å². The molecule has 2 heterocycles. The molecule has 230 valence electrons. The van der Waals surface area contributed by atoms with Crippen LogP contribution in [-0.4, -0.2) is 52.3 Å². The highest BCUT2D eigenvalue weighted by atomic mass is 16.5. The number of hydrazine groups is 1. The molecule has 0 unspecified atom stereocenters. The highest BCUT2D eigenvalue weighted by Gasteiger charge is 2.70. The summed E-state index contributed by atoms with van der Waals surface area (Å²) in [4.78, 5) is 58.1. The number of nitrogens with zero attached hydrogens (tertiary/aromatic N) is 2. The third-order valence-corrected chi connectivity index (χ3v) is 10.3. The van der Waals surface area contributed by atoms with Crippen LogP contribution in [0.15, 0.2) is 84.4 Å². The van der Waals surface area contributed by atoms with Crippen molar-refractivity contribution in [2.45, 2.75) is 38.0 Å². The predicted molar refractivity (Wildman–Crippen MR) is 166 cm³/mol. The second-order valence-corrected chi connectivity index (χ2v) is 12.4. The summed E-state index contributed by atoms with van der Waals surface area (Å²) < 4.78 is 5.38. The first-order valence-electron chi connectivity index (χ1n) is 15.4. The van der Waals surface area contributed by atoms with Gasteiger partial charge in [0.25, 0.3) is 11.8 Å². The van der Waals surface area contributed by atoms with E-state index in [1.165, 1.54) is 18.1 Å². The average Bonchev–Trinajstić information content (AvgIpc) is 3.43. The fraction of sp³-hybridized carbons (Fsp3) is 0.333. The molecular formula is C36H35N3O6. The highest BCUT2D eigenvalue weighted by molar-refractivity contribution is 6.13. The molecule has 2 aliphatic heterocycles. The summed E-state index contributed by atoms with van der Waals surface area (Å²) in [6, 6.07) is 21.7. The first-order valence-corrected chi connectivity index (χ1v) is 15.4. The van der Waals surface area contributed by atoms with Gasteiger partial charge in [0.2, 0.25) is 11.8 Å². The Morgan fingerprint density at radius 1 is 0.933 bits per heavy atom. The molecule has 3 fully saturated rings. The van der Waals surface area contributed by atoms with E-state index in [2.05, 4.69) is 5.43 Å². The number of carbonyl (C=O) groups excluding carboxylic acids is 4. The summed E-state index contributed by atoms with van der Waals surface area (Å²) in [6.45, 7) is 4.02. The summed E-state index contributed by atoms with van der Waals surface area (Å²) in [5.41, 5.74) is 5.17. The Balaban J connectivity index is 1.47. The average molecular weight is 606 g/mol. The molecule has 3 aromatic rings. The summed E-state index contributed by atoms with van der Waals surface area (Å²) >= 11 is 0. The van der Waals surface area contributed by atoms with Gasteiger partial charge in [0, 0.05) is 24.1 Å². The summed E-state index contributed by atoms with van der Waals surface area (Å²) in [5, 5.41) is 12.6. The van der Waals surface area contributed by atoms with E-state index in [0.29, 0.717) is 29.0 Å². The second-order valence-electron chi connectivity index (χ2n) is 12.4. The van der Waals surface area contributed by atoms with Crippen LogP contribution in [0, 0.1) is 30.6 Å². The number of hydrogen-bond acceptors (Lipinski definition) is 7. The lowest BCUT2D eigenvalue weighted by molar-refractivity contribution is -0.141. The fourth-order valence-electron chi connectivity index (χ4n) is 8.36. The number of benzene rings is 3. The van der Waals surface area contributed by atoms with E-state index in [-0.39, 0.29) is 30.5 Å². The predicted octanol–water partition coefficient (Wildman–Crippen LogP) is 4.71. The number of allylic oxidation sites excluding steroid dienone is 2. The molecule has 0 radical (unpaired) electrons. The molecule has 45 heavy (non-hydrogen) atoms. The zero-order valence-electron chi connectivity index (χ0n) is 25.4. The van der Waals surface area contributed by atoms with Gasteiger partial charge in [0.05, 0.1) is 36.0 Å². The lowest BCUT2D eigenvalue weighted by atomic mass is 9.49. The molecule has 2 saturated heterocycles. The quantitative estimate of drug-likeness (QED) is 0.309. The number of amides is 4. The standard InChI is InChI=1S/C36H35N3O6/c1-4-38-32(41)26-17-16-24-27(30(26)34(38)43)19-28-33(42)39(37-22-12-10-20(2)11-13-22)35(44)36(28,21-8-6-5-7-9-21)31(24)25-15-14-23(45-3)18-29(25)40/h5-16,18,26-28,30-31,37,40H,4,17,19H2,1-3H3/t26-,27+,28-,30-,31+,36+/m0/s1. The van der Waals surface area contributed by atoms with Crippen molar-refractivity contribution < 1.29 is 29.0 Å². The highest BCUT2D eigenvalue weighted by Crippen LogP contribution is 2.64. The van der Waals surface area contributed by atoms with Crippen molar-refractivity contribution in [1.82, 2.24) is 9.91 Å². The Morgan fingerprint density at radius 2 is 1.67 bits per heavy atom. The summed E-state index contributed by atoms with van der Waals surface area (Å²) in [5.74, 6) is -4.21. The number of fused-ring (bicyclic) bond motifs is 4. The van der Waals surface area contributed by atoms with Gasteiger partial charge in [-0.1, -0.05) is 65.7 Å². The van der Waals surface area contributed by atoms with Gasteiger partial charge in [-0.15, -0.1) is 0 Å². The third-order valence-electron chi connectivity index (χ3n) is 10.3. The molecule has 2 aliphatic carbocycles. The number of nitrogens with one attached hydrogen (secondary N) is 1. The molecule has 7 rings (SSSR count). The normalized spacial score (nSPS) is 28.9. The zero-order chi connectivity index (χ0) is 31.6. The molecule has 0 aromatic heterocycles. The first-order chi connectivity index (χ1) is 21.7. The third kappa shape index (κ3) is 4.06. The smallest absolute Gasteiger partial charge is 0.260 e. The topological polar surface area (TPSA) is 116 Å². The van der Waals surface area contributed by atoms with E-state index < -0.39 is 46.8 Å². The minimum absolute atomic E-state index is 0.0775. The molecule has 9 nitrogen and oxygen atoms in total. The molecule has 2 N–H and O–H groups in total. The Morgan fingerprint density at radius 3 is 2.33 bits per heavy atom. The Kier molecular flexibility index (Phi) is 6.80. The number of rotatable bonds is 6. The number of anilines is 1. The number of phenolic OH excluding ortho intramolecular Hbond substituents is 1. The van der Waals surface area contributed by atoms with Gasteiger partial charge in [-0.3, -0.25) is 29.5 Å². The van der Waals surface area contributed by atoms with Crippen LogP contribution >= 0.6 is 0 Å². The van der Waals surface area contributed by atoms with E-state index in [1.807, 2.05) is 67.6 Å². The minimum atomic E-state index is -1.44. The zero-order valence-corrected chi connectivity index (χ0v) is 25.4. The number of aryl methyl sites for hydroxylation is 1. The van der Waals surface area contributed by atoms with Crippen molar-refractivity contribution in [2.75, 3.05) is 19.1 Å². The van der Waals surface area contributed by atoms with Crippen molar-refractivity contribution in [3.05, 3.63) is 101 Å². The van der Waals surface area contributed by atoms with Gasteiger partial charge < -0.3 is 9.84 Å². The largest absolute Gasteiger partial charge is 0.508 e. The molecule has 1 saturated carbocycles. The first kappa shape index (κ1) is 28.8. The number of imide groups is 2. The molecule has 9 heteroatoms. The van der Waals surface area contributed by atoms with Crippen molar-refractivity contribution >= 4 is 29.3 Å². The van der Waals surface area contributed by atoms with Crippen molar-refractivity contribution in [1.29, 1.82) is 0 Å². The van der Waals surface area contributed by atoms with Gasteiger partial charge in [-0.05, 0) is 56.4 Å². The van der Waals surface area contributed by atoms with Crippen LogP contribution in [0.25, 0.3) is 0 Å². The molecule has 4 aliphatic rings. The number of ether oxygens (including phenoxy) is 1. The lowest BCUT2D eigenvalue weighted by Gasteiger charge is -2.50. The maximum absolute atomic E-state index is 15.1. The van der Waals surface area contributed by atoms with E-state index >= 15 is 4.79 Å². The lowest BCUT2D eigenvalue weighted by Crippen LogP contribution is -2.53. The Hall–Kier alpha value is -4.92. The van der Waals surface area contributed by atoms with Crippen molar-refractivity contribution in [2.24, 2.45) is 23.7 Å². The molecular weight excluding hydrogens is 570 g/mol. The van der Waals surface area contributed by atoms with Crippen molar-refractivity contribution in [3.8, 4) is 11.5 Å². The molecule has 0 spiro atoms. The van der Waals surface area contributed by atoms with Crippen LogP contribution in [0.2, 0.25) is 0 Å². The maximum Gasteiger partial charge on any atom is 0.260 e. The number of methoxy groups -OCH3 is 1. The van der Waals surface area contributed by atoms with Gasteiger partial charge in [-0.2, -0.15) is 5.01 Å². The molecule has 3 aromatic carbocycles. The SMILES string of the molecule is CCN1C(=O)[C@H]2[C@H](CC=C3[C@H]2C[C@H]2C(=O)N(Nc4ccc(C)cc4)C(=O)[C@@]2(c2ccccc2)[C@H]3c2ccc(OC)cc2O)C1=O. The summed E-state index contributed by atoms with van der Waals surface area (Å²) in [7, 11) is 1.51. The Labute approximate surface area is 261 Å². The van der Waals surface area contributed by atoms with E-state index in [9.17, 15) is 19.5 Å². The number of carbonyl (C=O) groups is 4. The number of phenols is 1. The fourth-order valence-corrected chi connectivity index (χ4v) is 8.36. The van der Waals surface area contributed by atoms with Gasteiger partial charge in [0.15, 0.2) is 0 Å². The van der Waals surface area contributed by atoms with Crippen LogP contribution in [0.3, 0.4) is 0 Å².